The molecule has 100 valence electrons. The quantitative estimate of drug-likeness (QED) is 0.895. The van der Waals surface area contributed by atoms with E-state index in [0.29, 0.717) is 13.2 Å². The summed E-state index contributed by atoms with van der Waals surface area (Å²) in [5.74, 6) is 0.978. The fourth-order valence-corrected chi connectivity index (χ4v) is 2.21. The van der Waals surface area contributed by atoms with Gasteiger partial charge in [-0.2, -0.15) is 0 Å². The van der Waals surface area contributed by atoms with Gasteiger partial charge in [0.2, 0.25) is 0 Å². The lowest BCUT2D eigenvalue weighted by Crippen LogP contribution is -2.05. The fraction of sp³-hybridized carbons (Fsp3) is 0.312. The molecule has 0 radical (unpaired) electrons. The summed E-state index contributed by atoms with van der Waals surface area (Å²) in [7, 11) is 0. The lowest BCUT2D eigenvalue weighted by atomic mass is 10.1. The number of pyridine rings is 1. The van der Waals surface area contributed by atoms with Crippen LogP contribution in [-0.2, 0) is 13.0 Å². The molecule has 3 heteroatoms. The zero-order chi connectivity index (χ0) is 13.7. The zero-order valence-electron chi connectivity index (χ0n) is 11.5. The van der Waals surface area contributed by atoms with Crippen molar-refractivity contribution in [1.29, 1.82) is 0 Å². The Hall–Kier alpha value is -1.87. The average Bonchev–Trinajstić information content (AvgIpc) is 2.42. The highest BCUT2D eigenvalue weighted by Gasteiger charge is 2.06. The van der Waals surface area contributed by atoms with Crippen molar-refractivity contribution in [2.75, 3.05) is 6.61 Å². The fourth-order valence-electron chi connectivity index (χ4n) is 2.21. The molecule has 1 aromatic carbocycles. The van der Waals surface area contributed by atoms with Gasteiger partial charge in [0.25, 0.3) is 0 Å². The Bertz CT molecular complexity index is 515. The predicted molar refractivity (Wildman–Crippen MR) is 77.2 cm³/mol. The van der Waals surface area contributed by atoms with Gasteiger partial charge in [0.1, 0.15) is 5.75 Å². The molecule has 0 saturated carbocycles. The molecule has 0 unspecified atom stereocenters. The van der Waals surface area contributed by atoms with Gasteiger partial charge in [-0.1, -0.05) is 12.1 Å². The van der Waals surface area contributed by atoms with Crippen molar-refractivity contribution in [3.8, 4) is 5.75 Å². The van der Waals surface area contributed by atoms with Crippen molar-refractivity contribution in [2.45, 2.75) is 26.8 Å². The van der Waals surface area contributed by atoms with E-state index in [1.807, 2.05) is 24.5 Å². The number of aromatic nitrogens is 1. The van der Waals surface area contributed by atoms with Gasteiger partial charge in [-0.15, -0.1) is 0 Å². The second kappa shape index (κ2) is 6.34. The molecule has 0 fully saturated rings. The molecule has 2 aromatic rings. The molecule has 0 bridgehead atoms. The van der Waals surface area contributed by atoms with E-state index in [0.717, 1.165) is 28.9 Å². The van der Waals surface area contributed by atoms with Crippen molar-refractivity contribution >= 4 is 0 Å². The summed E-state index contributed by atoms with van der Waals surface area (Å²) >= 11 is 0. The van der Waals surface area contributed by atoms with E-state index in [-0.39, 0.29) is 0 Å². The van der Waals surface area contributed by atoms with Crippen molar-refractivity contribution in [2.24, 2.45) is 5.73 Å². The largest absolute Gasteiger partial charge is 0.493 e. The highest BCUT2D eigenvalue weighted by atomic mass is 16.5. The number of nitrogens with zero attached hydrogens (tertiary/aromatic N) is 1. The molecule has 2 N–H and O–H groups in total. The Morgan fingerprint density at radius 3 is 2.26 bits per heavy atom. The third kappa shape index (κ3) is 3.55. The van der Waals surface area contributed by atoms with Crippen LogP contribution in [0.2, 0.25) is 0 Å². The van der Waals surface area contributed by atoms with Crippen LogP contribution in [0.4, 0.5) is 0 Å². The van der Waals surface area contributed by atoms with Crippen LogP contribution >= 0.6 is 0 Å². The minimum Gasteiger partial charge on any atom is -0.493 e. The van der Waals surface area contributed by atoms with E-state index in [2.05, 4.69) is 31.0 Å². The molecule has 0 aliphatic rings. The van der Waals surface area contributed by atoms with Gasteiger partial charge >= 0.3 is 0 Å². The Morgan fingerprint density at radius 2 is 1.68 bits per heavy atom. The van der Waals surface area contributed by atoms with E-state index < -0.39 is 0 Å². The van der Waals surface area contributed by atoms with Gasteiger partial charge < -0.3 is 10.5 Å². The number of ether oxygens (including phenoxy) is 1. The minimum absolute atomic E-state index is 0.568. The summed E-state index contributed by atoms with van der Waals surface area (Å²) in [4.78, 5) is 4.01. The second-order valence-electron chi connectivity index (χ2n) is 4.72. The molecule has 1 heterocycles. The maximum absolute atomic E-state index is 5.91. The summed E-state index contributed by atoms with van der Waals surface area (Å²) in [5.41, 5.74) is 10.4. The first kappa shape index (κ1) is 13.6. The molecule has 3 nitrogen and oxygen atoms in total. The summed E-state index contributed by atoms with van der Waals surface area (Å²) in [6, 6.07) is 8.21. The average molecular weight is 256 g/mol. The van der Waals surface area contributed by atoms with Crippen molar-refractivity contribution < 1.29 is 4.74 Å². The predicted octanol–water partition coefficient (Wildman–Crippen LogP) is 2.78. The van der Waals surface area contributed by atoms with Gasteiger partial charge in [-0.25, -0.2) is 0 Å². The second-order valence-corrected chi connectivity index (χ2v) is 4.72. The first-order chi connectivity index (χ1) is 9.20. The molecule has 0 saturated heterocycles. The van der Waals surface area contributed by atoms with Crippen LogP contribution in [0.5, 0.6) is 5.75 Å². The van der Waals surface area contributed by atoms with Crippen molar-refractivity contribution in [3.05, 3.63) is 58.9 Å². The van der Waals surface area contributed by atoms with Gasteiger partial charge in [-0.3, -0.25) is 4.98 Å². The topological polar surface area (TPSA) is 48.1 Å². The molecule has 0 amide bonds. The van der Waals surface area contributed by atoms with E-state index >= 15 is 0 Å². The zero-order valence-corrected chi connectivity index (χ0v) is 11.5. The van der Waals surface area contributed by atoms with Crippen LogP contribution in [0.25, 0.3) is 0 Å². The molecule has 0 atom stereocenters. The number of benzene rings is 1. The molecule has 0 aliphatic heterocycles. The molecule has 2 rings (SSSR count). The Labute approximate surface area is 114 Å². The number of nitrogens with two attached hydrogens (primary N) is 1. The molecular formula is C16H20N2O. The first-order valence-corrected chi connectivity index (χ1v) is 6.52. The smallest absolute Gasteiger partial charge is 0.125 e. The molecule has 0 aliphatic carbocycles. The third-order valence-corrected chi connectivity index (χ3v) is 3.14. The summed E-state index contributed by atoms with van der Waals surface area (Å²) in [6.07, 6.45) is 4.50. The lowest BCUT2D eigenvalue weighted by Gasteiger charge is -2.13. The highest BCUT2D eigenvalue weighted by molar-refractivity contribution is 5.43. The van der Waals surface area contributed by atoms with E-state index in [4.69, 9.17) is 10.5 Å². The molecular weight excluding hydrogens is 236 g/mol. The van der Waals surface area contributed by atoms with Crippen LogP contribution in [0.3, 0.4) is 0 Å². The maximum Gasteiger partial charge on any atom is 0.125 e. The van der Waals surface area contributed by atoms with Gasteiger partial charge in [0.15, 0.2) is 0 Å². The third-order valence-electron chi connectivity index (χ3n) is 3.14. The van der Waals surface area contributed by atoms with Gasteiger partial charge in [0, 0.05) is 25.4 Å². The van der Waals surface area contributed by atoms with Crippen LogP contribution in [0.15, 0.2) is 36.7 Å². The number of hydrogen-bond donors (Lipinski definition) is 1. The van der Waals surface area contributed by atoms with Crippen LogP contribution < -0.4 is 10.5 Å². The Balaban J connectivity index is 2.00. The normalized spacial score (nSPS) is 10.5. The highest BCUT2D eigenvalue weighted by Crippen LogP contribution is 2.24. The van der Waals surface area contributed by atoms with E-state index in [1.165, 1.54) is 5.56 Å². The Morgan fingerprint density at radius 1 is 1.05 bits per heavy atom. The monoisotopic (exact) mass is 256 g/mol. The number of aryl methyl sites for hydroxylation is 2. The lowest BCUT2D eigenvalue weighted by molar-refractivity contribution is 0.317. The number of rotatable bonds is 5. The van der Waals surface area contributed by atoms with Crippen LogP contribution in [0, 0.1) is 13.8 Å². The molecule has 19 heavy (non-hydrogen) atoms. The van der Waals surface area contributed by atoms with Gasteiger partial charge in [0.05, 0.1) is 6.61 Å². The minimum atomic E-state index is 0.568. The van der Waals surface area contributed by atoms with Gasteiger partial charge in [-0.05, 0) is 48.2 Å². The maximum atomic E-state index is 5.91. The SMILES string of the molecule is Cc1cc(CN)cc(C)c1OCCc1ccncc1. The molecule has 0 spiro atoms. The summed E-state index contributed by atoms with van der Waals surface area (Å²) in [6.45, 7) is 5.37. The standard InChI is InChI=1S/C16H20N2O/c1-12-9-15(11-17)10-13(2)16(12)19-8-5-14-3-6-18-7-4-14/h3-4,6-7,9-10H,5,8,11,17H2,1-2H3. The molecule has 1 aromatic heterocycles. The van der Waals surface area contributed by atoms with Crippen molar-refractivity contribution in [3.63, 3.8) is 0 Å². The van der Waals surface area contributed by atoms with E-state index in [1.54, 1.807) is 0 Å². The van der Waals surface area contributed by atoms with E-state index in [9.17, 15) is 0 Å². The number of hydrogen-bond acceptors (Lipinski definition) is 3. The summed E-state index contributed by atoms with van der Waals surface area (Å²) in [5, 5.41) is 0. The Kier molecular flexibility index (Phi) is 4.53. The van der Waals surface area contributed by atoms with Crippen LogP contribution in [-0.4, -0.2) is 11.6 Å². The first-order valence-electron chi connectivity index (χ1n) is 6.52. The van der Waals surface area contributed by atoms with Crippen molar-refractivity contribution in [1.82, 2.24) is 4.98 Å². The van der Waals surface area contributed by atoms with Crippen LogP contribution in [0.1, 0.15) is 22.3 Å². The summed E-state index contributed by atoms with van der Waals surface area (Å²) < 4.78 is 5.91.